The Morgan fingerprint density at radius 1 is 1.33 bits per heavy atom. The lowest BCUT2D eigenvalue weighted by Gasteiger charge is -2.22. The first-order valence-electron chi connectivity index (χ1n) is 7.30. The summed E-state index contributed by atoms with van der Waals surface area (Å²) in [6.07, 6.45) is 1.08. The number of urea groups is 1. The van der Waals surface area contributed by atoms with Gasteiger partial charge in [0.15, 0.2) is 0 Å². The van der Waals surface area contributed by atoms with Crippen molar-refractivity contribution in [3.05, 3.63) is 35.4 Å². The number of rotatable bonds is 4. The lowest BCUT2D eigenvalue weighted by molar-refractivity contribution is -0.132. The Morgan fingerprint density at radius 3 is 2.52 bits per heavy atom. The summed E-state index contributed by atoms with van der Waals surface area (Å²) >= 11 is 0. The Balaban J connectivity index is 1.73. The van der Waals surface area contributed by atoms with E-state index in [-0.39, 0.29) is 18.4 Å². The number of carbonyl (C=O) groups excluding carboxylic acids is 2. The minimum atomic E-state index is -0.859. The van der Waals surface area contributed by atoms with Crippen LogP contribution < -0.4 is 5.32 Å². The van der Waals surface area contributed by atoms with Crippen molar-refractivity contribution in [2.45, 2.75) is 38.3 Å². The molecule has 1 aliphatic heterocycles. The van der Waals surface area contributed by atoms with Crippen LogP contribution in [0.3, 0.4) is 0 Å². The average Bonchev–Trinajstić information content (AvgIpc) is 3.26. The van der Waals surface area contributed by atoms with Gasteiger partial charge in [-0.25, -0.2) is 4.79 Å². The van der Waals surface area contributed by atoms with E-state index >= 15 is 0 Å². The molecule has 2 aliphatic rings. The molecule has 0 radical (unpaired) electrons. The number of aryl methyl sites for hydroxylation is 1. The number of hydrogen-bond acceptors (Lipinski definition) is 3. The number of nitrogens with one attached hydrogen (secondary N) is 1. The molecule has 2 atom stereocenters. The second kappa shape index (κ2) is 4.84. The normalized spacial score (nSPS) is 26.9. The highest BCUT2D eigenvalue weighted by atomic mass is 16.3. The molecule has 1 aliphatic carbocycles. The van der Waals surface area contributed by atoms with Crippen LogP contribution >= 0.6 is 0 Å². The first kappa shape index (κ1) is 14.1. The van der Waals surface area contributed by atoms with Crippen molar-refractivity contribution in [1.82, 2.24) is 10.2 Å². The van der Waals surface area contributed by atoms with Gasteiger partial charge in [0.2, 0.25) is 0 Å². The molecule has 1 saturated carbocycles. The van der Waals surface area contributed by atoms with Crippen molar-refractivity contribution in [3.63, 3.8) is 0 Å². The van der Waals surface area contributed by atoms with Crippen LogP contribution in [0.5, 0.6) is 0 Å². The van der Waals surface area contributed by atoms with Gasteiger partial charge in [0, 0.05) is 0 Å². The average molecular weight is 288 g/mol. The maximum absolute atomic E-state index is 12.5. The lowest BCUT2D eigenvalue weighted by atomic mass is 9.96. The van der Waals surface area contributed by atoms with Crippen molar-refractivity contribution in [2.75, 3.05) is 6.54 Å². The molecule has 2 fully saturated rings. The summed E-state index contributed by atoms with van der Waals surface area (Å²) in [5, 5.41) is 13.0. The van der Waals surface area contributed by atoms with Crippen LogP contribution in [0.15, 0.2) is 24.3 Å². The van der Waals surface area contributed by atoms with Crippen LogP contribution in [0.4, 0.5) is 4.79 Å². The fourth-order valence-corrected chi connectivity index (χ4v) is 2.89. The van der Waals surface area contributed by atoms with Gasteiger partial charge < -0.3 is 10.4 Å². The van der Waals surface area contributed by atoms with Gasteiger partial charge in [-0.3, -0.25) is 9.69 Å². The van der Waals surface area contributed by atoms with Crippen molar-refractivity contribution in [2.24, 2.45) is 5.92 Å². The predicted octanol–water partition coefficient (Wildman–Crippen LogP) is 1.75. The molecule has 1 aromatic rings. The molecule has 5 nitrogen and oxygen atoms in total. The quantitative estimate of drug-likeness (QED) is 0.829. The van der Waals surface area contributed by atoms with E-state index in [0.29, 0.717) is 5.56 Å². The first-order valence-corrected chi connectivity index (χ1v) is 7.30. The maximum Gasteiger partial charge on any atom is 0.325 e. The van der Waals surface area contributed by atoms with Crippen LogP contribution in [-0.2, 0) is 4.79 Å². The summed E-state index contributed by atoms with van der Waals surface area (Å²) in [6.45, 7) is 3.74. The fourth-order valence-electron chi connectivity index (χ4n) is 2.89. The van der Waals surface area contributed by atoms with Gasteiger partial charge in [0.1, 0.15) is 5.54 Å². The number of benzene rings is 1. The topological polar surface area (TPSA) is 69.6 Å². The van der Waals surface area contributed by atoms with Crippen molar-refractivity contribution >= 4 is 11.9 Å². The highest BCUT2D eigenvalue weighted by Crippen LogP contribution is 2.42. The molecule has 0 bridgehead atoms. The number of aliphatic hydroxyl groups excluding tert-OH is 1. The fraction of sp³-hybridized carbons (Fsp3) is 0.500. The summed E-state index contributed by atoms with van der Waals surface area (Å²) in [5.41, 5.74) is 1.02. The molecule has 5 heteroatoms. The molecule has 3 rings (SSSR count). The Morgan fingerprint density at radius 2 is 1.95 bits per heavy atom. The monoisotopic (exact) mass is 288 g/mol. The smallest absolute Gasteiger partial charge is 0.325 e. The molecule has 2 N–H and O–H groups in total. The summed E-state index contributed by atoms with van der Waals surface area (Å²) in [6, 6.07) is 7.04. The number of amides is 3. The third-order valence-electron chi connectivity index (χ3n) is 4.51. The first-order chi connectivity index (χ1) is 9.91. The van der Waals surface area contributed by atoms with E-state index in [1.54, 1.807) is 6.92 Å². The van der Waals surface area contributed by atoms with Gasteiger partial charge in [-0.05, 0) is 38.2 Å². The second-order valence-electron chi connectivity index (χ2n) is 6.25. The molecule has 21 heavy (non-hydrogen) atoms. The highest BCUT2D eigenvalue weighted by molar-refractivity contribution is 6.07. The number of carbonyl (C=O) groups is 2. The van der Waals surface area contributed by atoms with Gasteiger partial charge in [0.25, 0.3) is 5.91 Å². The Kier molecular flexibility index (Phi) is 3.24. The number of nitrogens with zero attached hydrogens (tertiary/aromatic N) is 1. The second-order valence-corrected chi connectivity index (χ2v) is 6.25. The summed E-state index contributed by atoms with van der Waals surface area (Å²) < 4.78 is 0. The van der Waals surface area contributed by atoms with Crippen LogP contribution in [0.1, 0.15) is 37.0 Å². The predicted molar refractivity (Wildman–Crippen MR) is 77.5 cm³/mol. The molecule has 0 aromatic heterocycles. The molecule has 1 saturated heterocycles. The van der Waals surface area contributed by atoms with Crippen LogP contribution in [-0.4, -0.2) is 34.0 Å². The van der Waals surface area contributed by atoms with Gasteiger partial charge >= 0.3 is 6.03 Å². The molecular weight excluding hydrogens is 268 g/mol. The number of aliphatic hydroxyl groups is 1. The largest absolute Gasteiger partial charge is 0.387 e. The van der Waals surface area contributed by atoms with Crippen molar-refractivity contribution in [3.8, 4) is 0 Å². The molecule has 1 aromatic carbocycles. The zero-order valence-electron chi connectivity index (χ0n) is 12.3. The van der Waals surface area contributed by atoms with E-state index in [1.165, 1.54) is 0 Å². The van der Waals surface area contributed by atoms with Crippen molar-refractivity contribution < 1.29 is 14.7 Å². The Bertz CT molecular complexity index is 580. The zero-order valence-corrected chi connectivity index (χ0v) is 12.3. The molecule has 3 amide bonds. The maximum atomic E-state index is 12.5. The van der Waals surface area contributed by atoms with E-state index in [2.05, 4.69) is 5.32 Å². The summed E-state index contributed by atoms with van der Waals surface area (Å²) in [7, 11) is 0. The van der Waals surface area contributed by atoms with Crippen LogP contribution in [0, 0.1) is 12.8 Å². The standard InChI is InChI=1S/C16H20N2O3/c1-10-3-5-11(6-4-10)13(19)9-18-14(20)16(2,12-7-8-12)17-15(18)21/h3-6,12-13,19H,7-9H2,1-2H3,(H,17,21). The van der Waals surface area contributed by atoms with E-state index in [4.69, 9.17) is 0 Å². The molecule has 0 spiro atoms. The Labute approximate surface area is 123 Å². The number of hydrogen-bond donors (Lipinski definition) is 2. The number of imide groups is 1. The van der Waals surface area contributed by atoms with Crippen LogP contribution in [0.25, 0.3) is 0 Å². The Hall–Kier alpha value is -1.88. The molecule has 1 heterocycles. The van der Waals surface area contributed by atoms with Gasteiger partial charge in [-0.2, -0.15) is 0 Å². The minimum Gasteiger partial charge on any atom is -0.387 e. The highest BCUT2D eigenvalue weighted by Gasteiger charge is 2.56. The zero-order chi connectivity index (χ0) is 15.2. The molecular formula is C16H20N2O3. The van der Waals surface area contributed by atoms with E-state index in [9.17, 15) is 14.7 Å². The minimum absolute atomic E-state index is 0.00393. The molecule has 112 valence electrons. The lowest BCUT2D eigenvalue weighted by Crippen LogP contribution is -2.46. The van der Waals surface area contributed by atoms with Gasteiger partial charge in [0.05, 0.1) is 12.6 Å². The summed E-state index contributed by atoms with van der Waals surface area (Å²) in [5.74, 6) is 0.0108. The van der Waals surface area contributed by atoms with Gasteiger partial charge in [-0.1, -0.05) is 29.8 Å². The van der Waals surface area contributed by atoms with E-state index in [1.807, 2.05) is 31.2 Å². The summed E-state index contributed by atoms with van der Waals surface area (Å²) in [4.78, 5) is 25.6. The SMILES string of the molecule is Cc1ccc(C(O)CN2C(=O)NC(C)(C3CC3)C2=O)cc1. The van der Waals surface area contributed by atoms with Crippen molar-refractivity contribution in [1.29, 1.82) is 0 Å². The van der Waals surface area contributed by atoms with Crippen LogP contribution in [0.2, 0.25) is 0 Å². The van der Waals surface area contributed by atoms with E-state index in [0.717, 1.165) is 23.3 Å². The molecule has 2 unspecified atom stereocenters. The van der Waals surface area contributed by atoms with Gasteiger partial charge in [-0.15, -0.1) is 0 Å². The number of β-amino-alcohol motifs (C(OH)–C–C–N with tert-alkyl or cyclic N) is 1. The third-order valence-corrected chi connectivity index (χ3v) is 4.51. The third kappa shape index (κ3) is 2.42. The van der Waals surface area contributed by atoms with E-state index < -0.39 is 17.7 Å².